The second kappa shape index (κ2) is 8.00. The Balaban J connectivity index is 1.72. The van der Waals surface area contributed by atoms with Crippen LogP contribution in [-0.4, -0.2) is 28.0 Å². The maximum atomic E-state index is 14.7. The van der Waals surface area contributed by atoms with Crippen LogP contribution in [0.2, 0.25) is 0 Å². The number of primary amides is 1. The molecule has 1 fully saturated rings. The van der Waals surface area contributed by atoms with Gasteiger partial charge in [-0.2, -0.15) is 0 Å². The van der Waals surface area contributed by atoms with Crippen molar-refractivity contribution in [2.45, 2.75) is 37.8 Å². The fourth-order valence-corrected chi connectivity index (χ4v) is 3.72. The second-order valence-corrected chi connectivity index (χ2v) is 7.28. The molecule has 0 radical (unpaired) electrons. The second-order valence-electron chi connectivity index (χ2n) is 7.28. The summed E-state index contributed by atoms with van der Waals surface area (Å²) in [6.07, 6.45) is 5.50. The molecule has 1 aliphatic carbocycles. The van der Waals surface area contributed by atoms with Crippen LogP contribution in [0.1, 0.15) is 36.0 Å². The maximum Gasteiger partial charge on any atom is 0.252 e. The van der Waals surface area contributed by atoms with Gasteiger partial charge in [0, 0.05) is 23.7 Å². The average Bonchev–Trinajstić information content (AvgIpc) is 2.72. The fourth-order valence-electron chi connectivity index (χ4n) is 3.72. The Bertz CT molecular complexity index is 1050. The van der Waals surface area contributed by atoms with E-state index in [0.717, 1.165) is 37.1 Å². The molecular formula is C21H23FN6O. The summed E-state index contributed by atoms with van der Waals surface area (Å²) in [5.41, 5.74) is 13.0. The molecule has 0 aliphatic heterocycles. The Morgan fingerprint density at radius 3 is 2.72 bits per heavy atom. The largest absolute Gasteiger partial charge is 0.365 e. The number of aromatic nitrogens is 2. The van der Waals surface area contributed by atoms with Crippen LogP contribution < -0.4 is 22.1 Å². The van der Waals surface area contributed by atoms with Crippen LogP contribution in [0.15, 0.2) is 42.6 Å². The van der Waals surface area contributed by atoms with Crippen LogP contribution >= 0.6 is 0 Å². The number of rotatable bonds is 5. The molecule has 7 nitrogen and oxygen atoms in total. The van der Waals surface area contributed by atoms with Gasteiger partial charge in [-0.05, 0) is 31.0 Å². The molecule has 1 aromatic carbocycles. The highest BCUT2D eigenvalue weighted by Crippen LogP contribution is 2.29. The summed E-state index contributed by atoms with van der Waals surface area (Å²) >= 11 is 0. The molecule has 3 aromatic rings. The van der Waals surface area contributed by atoms with Gasteiger partial charge in [0.05, 0.1) is 16.8 Å². The summed E-state index contributed by atoms with van der Waals surface area (Å²) in [4.78, 5) is 20.6. The molecule has 0 bridgehead atoms. The Morgan fingerprint density at radius 2 is 1.93 bits per heavy atom. The number of hydrogen-bond acceptors (Lipinski definition) is 6. The van der Waals surface area contributed by atoms with E-state index in [1.807, 2.05) is 30.3 Å². The van der Waals surface area contributed by atoms with Gasteiger partial charge in [-0.3, -0.25) is 9.78 Å². The quantitative estimate of drug-likeness (QED) is 0.527. The first-order valence-electron chi connectivity index (χ1n) is 9.66. The highest BCUT2D eigenvalue weighted by Gasteiger charge is 2.24. The van der Waals surface area contributed by atoms with Gasteiger partial charge in [0.2, 0.25) is 0 Å². The summed E-state index contributed by atoms with van der Waals surface area (Å²) in [7, 11) is 0. The molecule has 29 heavy (non-hydrogen) atoms. The predicted molar refractivity (Wildman–Crippen MR) is 112 cm³/mol. The molecule has 4 rings (SSSR count). The van der Waals surface area contributed by atoms with Gasteiger partial charge in [0.1, 0.15) is 5.82 Å². The number of nitrogens with two attached hydrogens (primary N) is 2. The number of nitrogens with zero attached hydrogens (tertiary/aromatic N) is 2. The molecule has 2 atom stereocenters. The van der Waals surface area contributed by atoms with E-state index >= 15 is 0 Å². The Hall–Kier alpha value is -3.26. The van der Waals surface area contributed by atoms with Crippen molar-refractivity contribution in [3.63, 3.8) is 0 Å². The van der Waals surface area contributed by atoms with Gasteiger partial charge in [0.25, 0.3) is 5.91 Å². The van der Waals surface area contributed by atoms with Crippen molar-refractivity contribution in [1.29, 1.82) is 0 Å². The first kappa shape index (κ1) is 19.1. The summed E-state index contributed by atoms with van der Waals surface area (Å²) in [6, 6.07) is 10.3. The molecule has 6 N–H and O–H groups in total. The number of carbonyl (C=O) groups excluding carboxylic acids is 1. The topological polar surface area (TPSA) is 119 Å². The zero-order valence-corrected chi connectivity index (χ0v) is 15.9. The number of pyridine rings is 2. The number of benzene rings is 1. The van der Waals surface area contributed by atoms with Gasteiger partial charge in [-0.25, -0.2) is 9.37 Å². The third-order valence-electron chi connectivity index (χ3n) is 5.27. The van der Waals surface area contributed by atoms with E-state index < -0.39 is 11.7 Å². The number of halogens is 1. The number of anilines is 3. The van der Waals surface area contributed by atoms with E-state index in [1.54, 1.807) is 6.20 Å². The van der Waals surface area contributed by atoms with E-state index in [9.17, 15) is 9.18 Å². The van der Waals surface area contributed by atoms with Crippen molar-refractivity contribution in [2.24, 2.45) is 11.5 Å². The van der Waals surface area contributed by atoms with Gasteiger partial charge in [0.15, 0.2) is 11.6 Å². The van der Waals surface area contributed by atoms with Crippen molar-refractivity contribution in [3.05, 3.63) is 54.0 Å². The van der Waals surface area contributed by atoms with Gasteiger partial charge in [-0.1, -0.05) is 31.0 Å². The minimum absolute atomic E-state index is 0.0334. The summed E-state index contributed by atoms with van der Waals surface area (Å²) in [6.45, 7) is 0. The van der Waals surface area contributed by atoms with Crippen molar-refractivity contribution in [3.8, 4) is 0 Å². The predicted octanol–water partition coefficient (Wildman–Crippen LogP) is 3.29. The van der Waals surface area contributed by atoms with Crippen molar-refractivity contribution in [2.75, 3.05) is 10.6 Å². The zero-order chi connectivity index (χ0) is 20.4. The third-order valence-corrected chi connectivity index (χ3v) is 5.27. The van der Waals surface area contributed by atoms with Gasteiger partial charge >= 0.3 is 0 Å². The standard InChI is InChI=1S/C21H23FN6O/c22-14-11-13(19(24)29)20(28-21(14)26-16-8-2-1-7-15(16)23)27-17-9-3-5-12-6-4-10-25-18(12)17/h3-6,9-11,15-16H,1-2,7-8,23H2,(H2,24,29)(H2,26,27,28)/t15-,16+/m0/s1. The van der Waals surface area contributed by atoms with Crippen molar-refractivity contribution < 1.29 is 9.18 Å². The minimum Gasteiger partial charge on any atom is -0.365 e. The van der Waals surface area contributed by atoms with Crippen LogP contribution in [0.25, 0.3) is 10.9 Å². The van der Waals surface area contributed by atoms with E-state index in [4.69, 9.17) is 11.5 Å². The number of fused-ring (bicyclic) bond motifs is 1. The molecule has 1 amide bonds. The molecule has 0 saturated heterocycles. The van der Waals surface area contributed by atoms with E-state index in [0.29, 0.717) is 11.2 Å². The van der Waals surface area contributed by atoms with E-state index in [-0.39, 0.29) is 29.3 Å². The van der Waals surface area contributed by atoms with Crippen LogP contribution in [0, 0.1) is 5.82 Å². The molecule has 1 saturated carbocycles. The summed E-state index contributed by atoms with van der Waals surface area (Å²) in [5.74, 6) is -1.19. The molecule has 1 aliphatic rings. The minimum atomic E-state index is -0.770. The molecule has 2 aromatic heterocycles. The number of hydrogen-bond donors (Lipinski definition) is 4. The van der Waals surface area contributed by atoms with E-state index in [1.165, 1.54) is 0 Å². The lowest BCUT2D eigenvalue weighted by atomic mass is 9.91. The van der Waals surface area contributed by atoms with Crippen LogP contribution in [-0.2, 0) is 0 Å². The number of carbonyl (C=O) groups is 1. The summed E-state index contributed by atoms with van der Waals surface area (Å²) < 4.78 is 14.7. The van der Waals surface area contributed by atoms with Crippen molar-refractivity contribution in [1.82, 2.24) is 9.97 Å². The molecule has 8 heteroatoms. The van der Waals surface area contributed by atoms with Crippen LogP contribution in [0.5, 0.6) is 0 Å². The molecule has 2 heterocycles. The smallest absolute Gasteiger partial charge is 0.252 e. The van der Waals surface area contributed by atoms with Crippen molar-refractivity contribution >= 4 is 34.1 Å². The average molecular weight is 394 g/mol. The lowest BCUT2D eigenvalue weighted by Gasteiger charge is -2.30. The van der Waals surface area contributed by atoms with Gasteiger partial charge < -0.3 is 22.1 Å². The Kier molecular flexibility index (Phi) is 5.26. The third kappa shape index (κ3) is 3.97. The van der Waals surface area contributed by atoms with Crippen LogP contribution in [0.3, 0.4) is 0 Å². The van der Waals surface area contributed by atoms with Gasteiger partial charge in [-0.15, -0.1) is 0 Å². The lowest BCUT2D eigenvalue weighted by Crippen LogP contribution is -2.43. The molecule has 0 spiro atoms. The normalized spacial score (nSPS) is 19.1. The molecule has 150 valence electrons. The maximum absolute atomic E-state index is 14.7. The Morgan fingerprint density at radius 1 is 1.14 bits per heavy atom. The molecule has 0 unspecified atom stereocenters. The highest BCUT2D eigenvalue weighted by molar-refractivity contribution is 6.00. The number of para-hydroxylation sites is 1. The number of amides is 1. The Labute approximate surface area is 167 Å². The number of nitrogens with one attached hydrogen (secondary N) is 2. The first-order valence-corrected chi connectivity index (χ1v) is 9.66. The molecular weight excluding hydrogens is 371 g/mol. The zero-order valence-electron chi connectivity index (χ0n) is 15.9. The fraction of sp³-hybridized carbons (Fsp3) is 0.286. The lowest BCUT2D eigenvalue weighted by molar-refractivity contribution is 0.100. The van der Waals surface area contributed by atoms with E-state index in [2.05, 4.69) is 20.6 Å². The first-order chi connectivity index (χ1) is 14.0. The van der Waals surface area contributed by atoms with Crippen LogP contribution in [0.4, 0.5) is 21.7 Å². The monoisotopic (exact) mass is 394 g/mol. The highest BCUT2D eigenvalue weighted by atomic mass is 19.1. The SMILES string of the molecule is NC(=O)c1cc(F)c(N[C@@H]2CCCC[C@@H]2N)nc1Nc1cccc2cccnc12. The summed E-state index contributed by atoms with van der Waals surface area (Å²) in [5, 5.41) is 7.13.